The van der Waals surface area contributed by atoms with Gasteiger partial charge in [-0.2, -0.15) is 0 Å². The highest BCUT2D eigenvalue weighted by Crippen LogP contribution is 2.17. The van der Waals surface area contributed by atoms with Crippen molar-refractivity contribution in [2.24, 2.45) is 0 Å². The molecule has 0 aliphatic carbocycles. The summed E-state index contributed by atoms with van der Waals surface area (Å²) in [7, 11) is 0. The third-order valence-corrected chi connectivity index (χ3v) is 2.10. The summed E-state index contributed by atoms with van der Waals surface area (Å²) in [6.07, 6.45) is 1.89. The first-order valence-electron chi connectivity index (χ1n) is 4.11. The lowest BCUT2D eigenvalue weighted by atomic mass is 10.0. The van der Waals surface area contributed by atoms with Gasteiger partial charge in [-0.05, 0) is 30.6 Å². The first kappa shape index (κ1) is 8.79. The van der Waals surface area contributed by atoms with Gasteiger partial charge in [-0.15, -0.1) is 0 Å². The number of hydrogen-bond donors (Lipinski definition) is 0. The molecule has 0 heteroatoms. The number of allylic oxidation sites excluding steroid dienone is 3. The second kappa shape index (κ2) is 3.91. The van der Waals surface area contributed by atoms with Gasteiger partial charge in [-0.3, -0.25) is 0 Å². The molecule has 0 radical (unpaired) electrons. The van der Waals surface area contributed by atoms with Crippen LogP contribution in [0.2, 0.25) is 0 Å². The molecular weight excluding hydrogens is 144 g/mol. The summed E-state index contributed by atoms with van der Waals surface area (Å²) in [6, 6.07) is 10.4. The minimum atomic E-state index is 1.24. The SMILES string of the molecule is C=C/C(C)=C(\C)c1ccccc1. The van der Waals surface area contributed by atoms with Gasteiger partial charge in [0.25, 0.3) is 0 Å². The maximum absolute atomic E-state index is 3.75. The minimum absolute atomic E-state index is 1.24. The van der Waals surface area contributed by atoms with Crippen molar-refractivity contribution in [2.45, 2.75) is 13.8 Å². The van der Waals surface area contributed by atoms with Gasteiger partial charge in [-0.25, -0.2) is 0 Å². The van der Waals surface area contributed by atoms with Crippen LogP contribution in [0.5, 0.6) is 0 Å². The molecule has 0 aliphatic rings. The van der Waals surface area contributed by atoms with Crippen LogP contribution in [0.3, 0.4) is 0 Å². The number of hydrogen-bond acceptors (Lipinski definition) is 0. The highest BCUT2D eigenvalue weighted by atomic mass is 14.0. The minimum Gasteiger partial charge on any atom is -0.0988 e. The Morgan fingerprint density at radius 2 is 1.75 bits per heavy atom. The molecule has 0 fully saturated rings. The Labute approximate surface area is 74.2 Å². The average Bonchev–Trinajstić information content (AvgIpc) is 2.17. The van der Waals surface area contributed by atoms with E-state index >= 15 is 0 Å². The van der Waals surface area contributed by atoms with E-state index in [1.54, 1.807) is 0 Å². The molecule has 62 valence electrons. The molecule has 0 spiro atoms. The van der Waals surface area contributed by atoms with Crippen LogP contribution in [-0.2, 0) is 0 Å². The molecule has 12 heavy (non-hydrogen) atoms. The second-order valence-corrected chi connectivity index (χ2v) is 2.88. The van der Waals surface area contributed by atoms with Crippen LogP contribution < -0.4 is 0 Å². The summed E-state index contributed by atoms with van der Waals surface area (Å²) in [5.74, 6) is 0. The van der Waals surface area contributed by atoms with Crippen LogP contribution in [0.1, 0.15) is 19.4 Å². The lowest BCUT2D eigenvalue weighted by Crippen LogP contribution is -1.81. The van der Waals surface area contributed by atoms with Gasteiger partial charge in [0.15, 0.2) is 0 Å². The third kappa shape index (κ3) is 1.85. The molecule has 0 nitrogen and oxygen atoms in total. The monoisotopic (exact) mass is 158 g/mol. The molecule has 0 N–H and O–H groups in total. The fourth-order valence-electron chi connectivity index (χ4n) is 1.07. The molecule has 0 saturated carbocycles. The molecule has 0 heterocycles. The third-order valence-electron chi connectivity index (χ3n) is 2.10. The fraction of sp³-hybridized carbons (Fsp3) is 0.167. The van der Waals surface area contributed by atoms with Crippen molar-refractivity contribution in [2.75, 3.05) is 0 Å². The summed E-state index contributed by atoms with van der Waals surface area (Å²) < 4.78 is 0. The Morgan fingerprint density at radius 1 is 1.17 bits per heavy atom. The maximum atomic E-state index is 3.75. The molecule has 0 aromatic heterocycles. The van der Waals surface area contributed by atoms with E-state index in [0.717, 1.165) is 0 Å². The Hall–Kier alpha value is -1.30. The zero-order valence-electron chi connectivity index (χ0n) is 7.67. The van der Waals surface area contributed by atoms with Gasteiger partial charge in [0, 0.05) is 0 Å². The van der Waals surface area contributed by atoms with Crippen molar-refractivity contribution in [1.29, 1.82) is 0 Å². The van der Waals surface area contributed by atoms with Crippen LogP contribution in [0, 0.1) is 0 Å². The molecule has 0 atom stereocenters. The number of benzene rings is 1. The van der Waals surface area contributed by atoms with Crippen LogP contribution in [0.4, 0.5) is 0 Å². The van der Waals surface area contributed by atoms with E-state index in [2.05, 4.69) is 44.7 Å². The molecule has 1 rings (SSSR count). The summed E-state index contributed by atoms with van der Waals surface area (Å²) >= 11 is 0. The van der Waals surface area contributed by atoms with Crippen molar-refractivity contribution in [1.82, 2.24) is 0 Å². The maximum Gasteiger partial charge on any atom is -0.0225 e. The van der Waals surface area contributed by atoms with Gasteiger partial charge in [0.2, 0.25) is 0 Å². The topological polar surface area (TPSA) is 0 Å². The first-order chi connectivity index (χ1) is 5.75. The van der Waals surface area contributed by atoms with Crippen LogP contribution in [0.15, 0.2) is 48.6 Å². The van der Waals surface area contributed by atoms with E-state index in [0.29, 0.717) is 0 Å². The highest BCUT2D eigenvalue weighted by Gasteiger charge is 1.95. The fourth-order valence-corrected chi connectivity index (χ4v) is 1.07. The van der Waals surface area contributed by atoms with Crippen molar-refractivity contribution < 1.29 is 0 Å². The van der Waals surface area contributed by atoms with Crippen molar-refractivity contribution >= 4 is 5.57 Å². The van der Waals surface area contributed by atoms with Crippen LogP contribution in [0.25, 0.3) is 5.57 Å². The average molecular weight is 158 g/mol. The smallest absolute Gasteiger partial charge is 0.0225 e. The molecule has 0 amide bonds. The predicted molar refractivity (Wildman–Crippen MR) is 54.9 cm³/mol. The van der Waals surface area contributed by atoms with Gasteiger partial charge in [0.05, 0.1) is 0 Å². The molecular formula is C12H14. The van der Waals surface area contributed by atoms with Gasteiger partial charge in [0.1, 0.15) is 0 Å². The quantitative estimate of drug-likeness (QED) is 0.576. The predicted octanol–water partition coefficient (Wildman–Crippen LogP) is 3.67. The first-order valence-corrected chi connectivity index (χ1v) is 4.11. The van der Waals surface area contributed by atoms with Gasteiger partial charge < -0.3 is 0 Å². The normalized spacial score (nSPS) is 12.2. The molecule has 0 bridgehead atoms. The van der Waals surface area contributed by atoms with Gasteiger partial charge >= 0.3 is 0 Å². The zero-order chi connectivity index (χ0) is 8.97. The molecule has 0 aliphatic heterocycles. The lowest BCUT2D eigenvalue weighted by molar-refractivity contribution is 1.46. The van der Waals surface area contributed by atoms with E-state index in [1.807, 2.05) is 12.1 Å². The van der Waals surface area contributed by atoms with Gasteiger partial charge in [-0.1, -0.05) is 43.0 Å². The van der Waals surface area contributed by atoms with Crippen molar-refractivity contribution in [3.8, 4) is 0 Å². The van der Waals surface area contributed by atoms with E-state index in [4.69, 9.17) is 0 Å². The molecule has 0 unspecified atom stereocenters. The van der Waals surface area contributed by atoms with E-state index in [1.165, 1.54) is 16.7 Å². The zero-order valence-corrected chi connectivity index (χ0v) is 7.67. The van der Waals surface area contributed by atoms with Crippen LogP contribution >= 0.6 is 0 Å². The van der Waals surface area contributed by atoms with Crippen LogP contribution in [-0.4, -0.2) is 0 Å². The lowest BCUT2D eigenvalue weighted by Gasteiger charge is -2.03. The summed E-state index contributed by atoms with van der Waals surface area (Å²) in [4.78, 5) is 0. The summed E-state index contributed by atoms with van der Waals surface area (Å²) in [5, 5.41) is 0. The molecule has 0 saturated heterocycles. The Morgan fingerprint density at radius 3 is 2.25 bits per heavy atom. The standard InChI is InChI=1S/C12H14/c1-4-10(2)11(3)12-8-6-5-7-9-12/h4-9H,1H2,2-3H3/b11-10+. The molecule has 1 aromatic carbocycles. The number of rotatable bonds is 2. The highest BCUT2D eigenvalue weighted by molar-refractivity contribution is 5.68. The Bertz CT molecular complexity index is 291. The second-order valence-electron chi connectivity index (χ2n) is 2.88. The largest absolute Gasteiger partial charge is 0.0988 e. The van der Waals surface area contributed by atoms with Crippen molar-refractivity contribution in [3.63, 3.8) is 0 Å². The van der Waals surface area contributed by atoms with Crippen molar-refractivity contribution in [3.05, 3.63) is 54.1 Å². The Balaban J connectivity index is 3.08. The van der Waals surface area contributed by atoms with E-state index < -0.39 is 0 Å². The Kier molecular flexibility index (Phi) is 2.87. The summed E-state index contributed by atoms with van der Waals surface area (Å²) in [6.45, 7) is 7.95. The summed E-state index contributed by atoms with van der Waals surface area (Å²) in [5.41, 5.74) is 3.81. The van der Waals surface area contributed by atoms with E-state index in [-0.39, 0.29) is 0 Å². The molecule has 1 aromatic rings. The van der Waals surface area contributed by atoms with E-state index in [9.17, 15) is 0 Å².